The fourth-order valence-electron chi connectivity index (χ4n) is 2.65. The molecule has 1 fully saturated rings. The number of nitrogens with one attached hydrogen (secondary N) is 1. The van der Waals surface area contributed by atoms with Crippen LogP contribution in [-0.4, -0.2) is 54.5 Å². The summed E-state index contributed by atoms with van der Waals surface area (Å²) in [5, 5.41) is 0. The van der Waals surface area contributed by atoms with Gasteiger partial charge in [-0.05, 0) is 23.8 Å². The molecule has 0 saturated carbocycles. The summed E-state index contributed by atoms with van der Waals surface area (Å²) in [6, 6.07) is 3.38. The van der Waals surface area contributed by atoms with E-state index in [0.29, 0.717) is 25.1 Å². The quantitative estimate of drug-likeness (QED) is 0.649. The molecule has 1 saturated heterocycles. The Morgan fingerprint density at radius 2 is 2.41 bits per heavy atom. The van der Waals surface area contributed by atoms with E-state index in [-0.39, 0.29) is 18.7 Å². The van der Waals surface area contributed by atoms with E-state index in [1.165, 1.54) is 0 Å². The number of aromatic amines is 1. The van der Waals surface area contributed by atoms with Gasteiger partial charge in [0.2, 0.25) is 5.91 Å². The summed E-state index contributed by atoms with van der Waals surface area (Å²) in [5.74, 6) is -0.404. The van der Waals surface area contributed by atoms with Gasteiger partial charge in [0.05, 0.1) is 6.61 Å². The van der Waals surface area contributed by atoms with Gasteiger partial charge in [-0.3, -0.25) is 9.69 Å². The molecule has 118 valence electrons. The highest BCUT2D eigenvalue weighted by Gasteiger charge is 2.38. The second-order valence-corrected chi connectivity index (χ2v) is 5.22. The van der Waals surface area contributed by atoms with Gasteiger partial charge >= 0.3 is 5.97 Å². The molecule has 0 radical (unpaired) electrons. The van der Waals surface area contributed by atoms with Gasteiger partial charge in [0.25, 0.3) is 0 Å². The molecule has 1 aromatic heterocycles. The Hall–Kier alpha value is -2.12. The zero-order chi connectivity index (χ0) is 15.5. The van der Waals surface area contributed by atoms with Crippen LogP contribution in [0, 0.1) is 0 Å². The molecule has 7 nitrogen and oxygen atoms in total. The third-order valence-corrected chi connectivity index (χ3v) is 3.77. The number of hydrogen-bond donors (Lipinski definition) is 1. The molecule has 2 atom stereocenters. The highest BCUT2D eigenvalue weighted by atomic mass is 16.5. The summed E-state index contributed by atoms with van der Waals surface area (Å²) < 4.78 is 16.1. The number of H-pyrrole nitrogens is 1. The lowest BCUT2D eigenvalue weighted by atomic mass is 10.3. The van der Waals surface area contributed by atoms with Gasteiger partial charge in [0.1, 0.15) is 18.5 Å². The number of nitrogens with zero attached hydrogens (tertiary/aromatic N) is 1. The van der Waals surface area contributed by atoms with Crippen LogP contribution >= 0.6 is 0 Å². The minimum atomic E-state index is -0.445. The van der Waals surface area contributed by atoms with Crippen LogP contribution in [0.25, 0.3) is 0 Å². The maximum Gasteiger partial charge on any atom is 0.355 e. The lowest BCUT2D eigenvalue weighted by Crippen LogP contribution is -2.42. The van der Waals surface area contributed by atoms with Crippen LogP contribution < -0.4 is 0 Å². The number of hydrogen-bond acceptors (Lipinski definition) is 5. The molecule has 0 spiro atoms. The van der Waals surface area contributed by atoms with Crippen molar-refractivity contribution in [3.8, 4) is 0 Å². The number of esters is 1. The standard InChI is InChI=1S/C15H18N2O5/c1-20-13-5-4-12(18)17(13)14-7-10(8-21-14)9-22-15(19)11-3-2-6-16-11/h2-3,6-7,13-14,16H,4-5,8-9H2,1H3/t13?,14-/m0/s1. The second kappa shape index (κ2) is 6.33. The molecule has 1 aromatic rings. The molecule has 2 aliphatic rings. The summed E-state index contributed by atoms with van der Waals surface area (Å²) in [5.41, 5.74) is 1.24. The van der Waals surface area contributed by atoms with Crippen LogP contribution in [0.15, 0.2) is 30.0 Å². The van der Waals surface area contributed by atoms with Crippen LogP contribution in [0.4, 0.5) is 0 Å². The minimum Gasteiger partial charge on any atom is -0.456 e. The van der Waals surface area contributed by atoms with Crippen LogP contribution in [0.5, 0.6) is 0 Å². The number of likely N-dealkylation sites (tertiary alicyclic amines) is 1. The Balaban J connectivity index is 1.58. The average Bonchev–Trinajstić information content (AvgIpc) is 3.25. The number of aromatic nitrogens is 1. The summed E-state index contributed by atoms with van der Waals surface area (Å²) >= 11 is 0. The molecule has 1 unspecified atom stereocenters. The molecule has 3 rings (SSSR count). The van der Waals surface area contributed by atoms with Crippen LogP contribution in [-0.2, 0) is 19.0 Å². The van der Waals surface area contributed by atoms with E-state index in [4.69, 9.17) is 14.2 Å². The van der Waals surface area contributed by atoms with Gasteiger partial charge in [-0.25, -0.2) is 4.79 Å². The molecule has 0 bridgehead atoms. The zero-order valence-corrected chi connectivity index (χ0v) is 12.3. The molecular formula is C15H18N2O5. The zero-order valence-electron chi connectivity index (χ0n) is 12.3. The molecule has 0 aliphatic carbocycles. The normalized spacial score (nSPS) is 24.7. The fraction of sp³-hybridized carbons (Fsp3) is 0.467. The molecule has 7 heteroatoms. The molecule has 22 heavy (non-hydrogen) atoms. The predicted octanol–water partition coefficient (Wildman–Crippen LogP) is 1.05. The van der Waals surface area contributed by atoms with Gasteiger partial charge in [0, 0.05) is 26.1 Å². The van der Waals surface area contributed by atoms with E-state index >= 15 is 0 Å². The third-order valence-electron chi connectivity index (χ3n) is 3.77. The average molecular weight is 306 g/mol. The Labute approximate surface area is 127 Å². The Morgan fingerprint density at radius 1 is 1.55 bits per heavy atom. The van der Waals surface area contributed by atoms with Crippen molar-refractivity contribution in [3.63, 3.8) is 0 Å². The van der Waals surface area contributed by atoms with Crippen molar-refractivity contribution in [2.75, 3.05) is 20.3 Å². The van der Waals surface area contributed by atoms with Crippen LogP contribution in [0.1, 0.15) is 23.3 Å². The van der Waals surface area contributed by atoms with E-state index < -0.39 is 12.2 Å². The van der Waals surface area contributed by atoms with Crippen LogP contribution in [0.2, 0.25) is 0 Å². The van der Waals surface area contributed by atoms with Crippen molar-refractivity contribution >= 4 is 11.9 Å². The summed E-state index contributed by atoms with van der Waals surface area (Å²) in [6.45, 7) is 0.483. The maximum atomic E-state index is 11.9. The molecular weight excluding hydrogens is 288 g/mol. The van der Waals surface area contributed by atoms with Crippen molar-refractivity contribution in [2.24, 2.45) is 0 Å². The van der Waals surface area contributed by atoms with Crippen molar-refractivity contribution in [2.45, 2.75) is 25.3 Å². The Morgan fingerprint density at radius 3 is 3.14 bits per heavy atom. The molecule has 2 aliphatic heterocycles. The van der Waals surface area contributed by atoms with Crippen molar-refractivity contribution < 1.29 is 23.8 Å². The molecule has 1 amide bonds. The smallest absolute Gasteiger partial charge is 0.355 e. The van der Waals surface area contributed by atoms with E-state index in [0.717, 1.165) is 5.57 Å². The largest absolute Gasteiger partial charge is 0.456 e. The third kappa shape index (κ3) is 2.90. The fourth-order valence-corrected chi connectivity index (χ4v) is 2.65. The van der Waals surface area contributed by atoms with Gasteiger partial charge in [-0.15, -0.1) is 0 Å². The van der Waals surface area contributed by atoms with E-state index in [1.54, 1.807) is 30.3 Å². The number of carbonyl (C=O) groups excluding carboxylic acids is 2. The minimum absolute atomic E-state index is 0.0118. The second-order valence-electron chi connectivity index (χ2n) is 5.22. The Kier molecular flexibility index (Phi) is 4.26. The number of carbonyl (C=O) groups is 2. The molecule has 0 aromatic carbocycles. The summed E-state index contributed by atoms with van der Waals surface area (Å²) in [7, 11) is 1.58. The highest BCUT2D eigenvalue weighted by Crippen LogP contribution is 2.26. The first-order valence-electron chi connectivity index (χ1n) is 7.14. The van der Waals surface area contributed by atoms with Crippen molar-refractivity contribution in [1.82, 2.24) is 9.88 Å². The van der Waals surface area contributed by atoms with Crippen molar-refractivity contribution in [1.29, 1.82) is 0 Å². The number of rotatable bonds is 5. The van der Waals surface area contributed by atoms with Gasteiger partial charge in [-0.2, -0.15) is 0 Å². The number of amides is 1. The first-order valence-corrected chi connectivity index (χ1v) is 7.14. The molecule has 3 heterocycles. The first-order chi connectivity index (χ1) is 10.7. The van der Waals surface area contributed by atoms with Gasteiger partial charge in [0.15, 0.2) is 6.23 Å². The van der Waals surface area contributed by atoms with E-state index in [1.807, 2.05) is 6.08 Å². The maximum absolute atomic E-state index is 11.9. The lowest BCUT2D eigenvalue weighted by molar-refractivity contribution is -0.150. The Bertz CT molecular complexity index is 581. The summed E-state index contributed by atoms with van der Waals surface area (Å²) in [4.78, 5) is 28.0. The van der Waals surface area contributed by atoms with Crippen LogP contribution in [0.3, 0.4) is 0 Å². The highest BCUT2D eigenvalue weighted by molar-refractivity contribution is 5.87. The summed E-state index contributed by atoms with van der Waals surface area (Å²) in [6.07, 6.45) is 3.91. The number of methoxy groups -OCH3 is 1. The topological polar surface area (TPSA) is 80.9 Å². The SMILES string of the molecule is COC1CCC(=O)N1[C@@H]1C=C(COC(=O)c2ccc[nH]2)CO1. The number of ether oxygens (including phenoxy) is 3. The van der Waals surface area contributed by atoms with Gasteiger partial charge < -0.3 is 19.2 Å². The lowest BCUT2D eigenvalue weighted by Gasteiger charge is -2.27. The monoisotopic (exact) mass is 306 g/mol. The van der Waals surface area contributed by atoms with Gasteiger partial charge in [-0.1, -0.05) is 0 Å². The van der Waals surface area contributed by atoms with E-state index in [9.17, 15) is 9.59 Å². The van der Waals surface area contributed by atoms with E-state index in [2.05, 4.69) is 4.98 Å². The molecule has 1 N–H and O–H groups in total. The first kappa shape index (κ1) is 14.8. The predicted molar refractivity (Wildman–Crippen MR) is 75.8 cm³/mol. The van der Waals surface area contributed by atoms with Crippen molar-refractivity contribution in [3.05, 3.63) is 35.7 Å².